The second-order valence-corrected chi connectivity index (χ2v) is 9.33. The predicted octanol–water partition coefficient (Wildman–Crippen LogP) is 4.23. The zero-order chi connectivity index (χ0) is 25.4. The van der Waals surface area contributed by atoms with Crippen molar-refractivity contribution in [2.24, 2.45) is 0 Å². The van der Waals surface area contributed by atoms with Crippen molar-refractivity contribution >= 4 is 11.6 Å². The zero-order valence-corrected chi connectivity index (χ0v) is 21.9. The Bertz CT molecular complexity index is 1120. The summed E-state index contributed by atoms with van der Waals surface area (Å²) in [4.78, 5) is 6.58. The van der Waals surface area contributed by atoms with Gasteiger partial charge in [-0.1, -0.05) is 23.7 Å². The molecule has 1 fully saturated rings. The fraction of sp³-hybridized carbons (Fsp3) is 0.444. The molecule has 0 amide bonds. The van der Waals surface area contributed by atoms with E-state index in [-0.39, 0.29) is 0 Å². The van der Waals surface area contributed by atoms with Gasteiger partial charge in [0.15, 0.2) is 11.5 Å². The van der Waals surface area contributed by atoms with Gasteiger partial charge < -0.3 is 28.3 Å². The van der Waals surface area contributed by atoms with Gasteiger partial charge in [0.2, 0.25) is 0 Å². The highest BCUT2D eigenvalue weighted by atomic mass is 35.5. The lowest BCUT2D eigenvalue weighted by molar-refractivity contribution is -0.0925. The van der Waals surface area contributed by atoms with Gasteiger partial charge in [-0.25, -0.2) is 4.98 Å². The molecule has 1 aliphatic heterocycles. The first-order valence-corrected chi connectivity index (χ1v) is 12.4. The van der Waals surface area contributed by atoms with Gasteiger partial charge in [0, 0.05) is 44.2 Å². The van der Waals surface area contributed by atoms with Gasteiger partial charge in [-0.15, -0.1) is 0 Å². The molecule has 1 aliphatic rings. The van der Waals surface area contributed by atoms with Crippen LogP contribution in [0.2, 0.25) is 5.02 Å². The van der Waals surface area contributed by atoms with Crippen molar-refractivity contribution in [1.82, 2.24) is 14.5 Å². The van der Waals surface area contributed by atoms with Crippen LogP contribution in [0.5, 0.6) is 17.2 Å². The summed E-state index contributed by atoms with van der Waals surface area (Å²) in [5.74, 6) is 3.10. The van der Waals surface area contributed by atoms with E-state index in [1.54, 1.807) is 26.5 Å². The summed E-state index contributed by atoms with van der Waals surface area (Å²) < 4.78 is 31.6. The first-order valence-electron chi connectivity index (χ1n) is 12.0. The topological polar surface area (TPSA) is 67.2 Å². The number of ether oxygens (including phenoxy) is 5. The normalized spacial score (nSPS) is 18.6. The SMILES string of the molecule is COc1ccc(CN2CCOCC(COc3cccc(Cl)c3)(OC)C2)cc1OCCn1ccnc1C. The van der Waals surface area contributed by atoms with Crippen molar-refractivity contribution in [1.29, 1.82) is 0 Å². The molecule has 3 aromatic rings. The third kappa shape index (κ3) is 6.91. The fourth-order valence-corrected chi connectivity index (χ4v) is 4.43. The molecule has 2 aromatic carbocycles. The summed E-state index contributed by atoms with van der Waals surface area (Å²) >= 11 is 6.11. The van der Waals surface area contributed by atoms with Gasteiger partial charge in [-0.3, -0.25) is 4.90 Å². The average Bonchev–Trinajstić information content (AvgIpc) is 3.18. The average molecular weight is 516 g/mol. The number of hydrogen-bond acceptors (Lipinski definition) is 7. The monoisotopic (exact) mass is 515 g/mol. The molecule has 194 valence electrons. The molecular formula is C27H34ClN3O5. The molecule has 0 spiro atoms. The Hall–Kier alpha value is -2.78. The second-order valence-electron chi connectivity index (χ2n) is 8.90. The Balaban J connectivity index is 1.41. The molecule has 1 atom stereocenters. The number of rotatable bonds is 11. The van der Waals surface area contributed by atoms with E-state index in [1.165, 1.54) is 0 Å². The van der Waals surface area contributed by atoms with Crippen LogP contribution >= 0.6 is 11.6 Å². The molecule has 0 N–H and O–H groups in total. The largest absolute Gasteiger partial charge is 0.493 e. The van der Waals surface area contributed by atoms with Gasteiger partial charge >= 0.3 is 0 Å². The highest BCUT2D eigenvalue weighted by Gasteiger charge is 2.36. The summed E-state index contributed by atoms with van der Waals surface area (Å²) in [6, 6.07) is 13.4. The minimum absolute atomic E-state index is 0.352. The van der Waals surface area contributed by atoms with Crippen LogP contribution in [-0.4, -0.2) is 73.8 Å². The molecule has 1 unspecified atom stereocenters. The standard InChI is InChI=1S/C27H34ClN3O5/c1-21-29-9-10-31(21)12-14-35-26-15-22(7-8-25(26)32-2)17-30-11-13-34-19-27(18-30,33-3)20-36-24-6-4-5-23(28)16-24/h4-10,15-16H,11-14,17-20H2,1-3H3. The number of aromatic nitrogens is 2. The van der Waals surface area contributed by atoms with E-state index in [4.69, 9.17) is 35.3 Å². The maximum absolute atomic E-state index is 6.11. The van der Waals surface area contributed by atoms with E-state index in [2.05, 4.69) is 20.5 Å². The molecule has 1 saturated heterocycles. The molecule has 2 heterocycles. The van der Waals surface area contributed by atoms with Crippen LogP contribution in [0, 0.1) is 6.92 Å². The predicted molar refractivity (Wildman–Crippen MR) is 138 cm³/mol. The molecule has 0 radical (unpaired) electrons. The number of methoxy groups -OCH3 is 2. The minimum Gasteiger partial charge on any atom is -0.493 e. The van der Waals surface area contributed by atoms with Crippen LogP contribution in [0.25, 0.3) is 0 Å². The molecule has 0 bridgehead atoms. The molecule has 0 saturated carbocycles. The maximum atomic E-state index is 6.11. The molecule has 1 aromatic heterocycles. The third-order valence-corrected chi connectivity index (χ3v) is 6.54. The van der Waals surface area contributed by atoms with E-state index < -0.39 is 5.60 Å². The molecule has 36 heavy (non-hydrogen) atoms. The van der Waals surface area contributed by atoms with E-state index in [0.717, 1.165) is 23.7 Å². The highest BCUT2D eigenvalue weighted by molar-refractivity contribution is 6.30. The van der Waals surface area contributed by atoms with Crippen molar-refractivity contribution in [3.63, 3.8) is 0 Å². The van der Waals surface area contributed by atoms with Gasteiger partial charge in [0.05, 0.1) is 26.9 Å². The summed E-state index contributed by atoms with van der Waals surface area (Å²) in [5, 5.41) is 0.635. The van der Waals surface area contributed by atoms with Crippen LogP contribution < -0.4 is 14.2 Å². The van der Waals surface area contributed by atoms with Crippen molar-refractivity contribution in [3.8, 4) is 17.2 Å². The number of benzene rings is 2. The van der Waals surface area contributed by atoms with Crippen LogP contribution in [0.15, 0.2) is 54.9 Å². The number of hydrogen-bond donors (Lipinski definition) is 0. The fourth-order valence-electron chi connectivity index (χ4n) is 4.24. The van der Waals surface area contributed by atoms with Crippen LogP contribution in [0.1, 0.15) is 11.4 Å². The molecule has 8 nitrogen and oxygen atoms in total. The van der Waals surface area contributed by atoms with Crippen LogP contribution in [-0.2, 0) is 22.6 Å². The number of imidazole rings is 1. The first-order chi connectivity index (χ1) is 17.5. The lowest BCUT2D eigenvalue weighted by Crippen LogP contribution is -2.50. The number of halogens is 1. The second kappa shape index (κ2) is 12.5. The lowest BCUT2D eigenvalue weighted by atomic mass is 10.1. The summed E-state index contributed by atoms with van der Waals surface area (Å²) in [5.41, 5.74) is 0.514. The van der Waals surface area contributed by atoms with Gasteiger partial charge in [-0.2, -0.15) is 0 Å². The summed E-state index contributed by atoms with van der Waals surface area (Å²) in [6.07, 6.45) is 3.74. The quantitative estimate of drug-likeness (QED) is 0.378. The summed E-state index contributed by atoms with van der Waals surface area (Å²) in [7, 11) is 3.36. The number of aryl methyl sites for hydroxylation is 1. The van der Waals surface area contributed by atoms with E-state index in [1.807, 2.05) is 43.5 Å². The Morgan fingerprint density at radius 2 is 2.00 bits per heavy atom. The Labute approximate surface area is 217 Å². The Morgan fingerprint density at radius 3 is 2.75 bits per heavy atom. The van der Waals surface area contributed by atoms with Crippen molar-refractivity contribution in [2.45, 2.75) is 25.6 Å². The number of nitrogens with zero attached hydrogens (tertiary/aromatic N) is 3. The Kier molecular flexibility index (Phi) is 9.09. The maximum Gasteiger partial charge on any atom is 0.161 e. The van der Waals surface area contributed by atoms with E-state index >= 15 is 0 Å². The van der Waals surface area contributed by atoms with E-state index in [0.29, 0.717) is 62.6 Å². The van der Waals surface area contributed by atoms with Crippen LogP contribution in [0.3, 0.4) is 0 Å². The third-order valence-electron chi connectivity index (χ3n) is 6.31. The lowest BCUT2D eigenvalue weighted by Gasteiger charge is -2.34. The first kappa shape index (κ1) is 26.3. The van der Waals surface area contributed by atoms with Crippen LogP contribution in [0.4, 0.5) is 0 Å². The smallest absolute Gasteiger partial charge is 0.161 e. The minimum atomic E-state index is -0.604. The molecular weight excluding hydrogens is 482 g/mol. The van der Waals surface area contributed by atoms with Gasteiger partial charge in [0.1, 0.15) is 30.4 Å². The zero-order valence-electron chi connectivity index (χ0n) is 21.1. The molecule has 0 aliphatic carbocycles. The highest BCUT2D eigenvalue weighted by Crippen LogP contribution is 2.29. The van der Waals surface area contributed by atoms with Gasteiger partial charge in [0.25, 0.3) is 0 Å². The van der Waals surface area contributed by atoms with Gasteiger partial charge in [-0.05, 0) is 42.8 Å². The summed E-state index contributed by atoms with van der Waals surface area (Å²) in [6.45, 7) is 6.78. The van der Waals surface area contributed by atoms with Crippen molar-refractivity contribution < 1.29 is 23.7 Å². The Morgan fingerprint density at radius 1 is 1.11 bits per heavy atom. The van der Waals surface area contributed by atoms with Crippen molar-refractivity contribution in [3.05, 3.63) is 71.3 Å². The van der Waals surface area contributed by atoms with Crippen molar-refractivity contribution in [2.75, 3.05) is 53.7 Å². The molecule has 4 rings (SSSR count). The van der Waals surface area contributed by atoms with E-state index in [9.17, 15) is 0 Å². The molecule has 9 heteroatoms.